The number of rotatable bonds is 6. The van der Waals surface area contributed by atoms with Crippen LogP contribution in [0, 0.1) is 5.82 Å². The molecule has 3 aromatic rings. The van der Waals surface area contributed by atoms with Gasteiger partial charge in [-0.05, 0) is 31.2 Å². The van der Waals surface area contributed by atoms with E-state index in [1.807, 2.05) is 13.0 Å². The van der Waals surface area contributed by atoms with Crippen molar-refractivity contribution in [3.8, 4) is 17.0 Å². The van der Waals surface area contributed by atoms with E-state index in [1.165, 1.54) is 12.3 Å². The quantitative estimate of drug-likeness (QED) is 0.751. The van der Waals surface area contributed by atoms with Crippen LogP contribution in [0.15, 0.2) is 55.0 Å². The number of pyridine rings is 1. The van der Waals surface area contributed by atoms with E-state index in [0.29, 0.717) is 29.5 Å². The number of anilines is 1. The predicted octanol–water partition coefficient (Wildman–Crippen LogP) is 2.95. The molecule has 0 bridgehead atoms. The molecule has 1 unspecified atom stereocenters. The summed E-state index contributed by atoms with van der Waals surface area (Å²) in [6.07, 6.45) is 4.63. The molecule has 0 saturated carbocycles. The second-order valence-electron chi connectivity index (χ2n) is 5.14. The van der Waals surface area contributed by atoms with E-state index in [2.05, 4.69) is 25.5 Å². The largest absolute Gasteiger partial charge is 0.487 e. The zero-order chi connectivity index (χ0) is 16.8. The van der Waals surface area contributed by atoms with Gasteiger partial charge in [0.15, 0.2) is 0 Å². The number of hydrogen-bond acceptors (Lipinski definition) is 6. The van der Waals surface area contributed by atoms with E-state index in [9.17, 15) is 4.39 Å². The highest BCUT2D eigenvalue weighted by atomic mass is 19.1. The van der Waals surface area contributed by atoms with Crippen molar-refractivity contribution in [2.24, 2.45) is 0 Å². The van der Waals surface area contributed by atoms with Crippen LogP contribution < -0.4 is 10.1 Å². The first-order valence-corrected chi connectivity index (χ1v) is 7.47. The number of halogens is 1. The van der Waals surface area contributed by atoms with Gasteiger partial charge in [-0.3, -0.25) is 4.98 Å². The molecule has 0 aliphatic heterocycles. The molecular weight excluding hydrogens is 309 g/mol. The van der Waals surface area contributed by atoms with Crippen molar-refractivity contribution in [3.63, 3.8) is 0 Å². The monoisotopic (exact) mass is 325 g/mol. The highest BCUT2D eigenvalue weighted by Crippen LogP contribution is 2.20. The summed E-state index contributed by atoms with van der Waals surface area (Å²) in [6.45, 7) is 2.38. The number of nitrogens with one attached hydrogen (secondary N) is 1. The van der Waals surface area contributed by atoms with Crippen molar-refractivity contribution in [1.82, 2.24) is 20.2 Å². The van der Waals surface area contributed by atoms with Crippen molar-refractivity contribution in [2.45, 2.75) is 13.0 Å². The summed E-state index contributed by atoms with van der Waals surface area (Å²) in [5, 5.41) is 10.8. The Morgan fingerprint density at radius 3 is 2.83 bits per heavy atom. The van der Waals surface area contributed by atoms with E-state index in [-0.39, 0.29) is 11.9 Å². The number of aromatic nitrogens is 4. The first kappa shape index (κ1) is 15.8. The molecule has 122 valence electrons. The molecule has 0 saturated heterocycles. The predicted molar refractivity (Wildman–Crippen MR) is 88.0 cm³/mol. The van der Waals surface area contributed by atoms with Gasteiger partial charge in [0.2, 0.25) is 5.95 Å². The molecule has 6 nitrogen and oxygen atoms in total. The van der Waals surface area contributed by atoms with Crippen molar-refractivity contribution in [3.05, 3.63) is 60.8 Å². The highest BCUT2D eigenvalue weighted by molar-refractivity contribution is 5.59. The molecule has 2 heterocycles. The Bertz CT molecular complexity index is 800. The lowest BCUT2D eigenvalue weighted by Gasteiger charge is -2.15. The van der Waals surface area contributed by atoms with Gasteiger partial charge in [-0.2, -0.15) is 5.10 Å². The Morgan fingerprint density at radius 1 is 1.17 bits per heavy atom. The Kier molecular flexibility index (Phi) is 4.90. The van der Waals surface area contributed by atoms with Crippen LogP contribution in [0.25, 0.3) is 11.3 Å². The number of benzene rings is 1. The van der Waals surface area contributed by atoms with Gasteiger partial charge in [-0.15, -0.1) is 5.10 Å². The molecule has 7 heteroatoms. The van der Waals surface area contributed by atoms with Gasteiger partial charge >= 0.3 is 0 Å². The second kappa shape index (κ2) is 7.45. The van der Waals surface area contributed by atoms with Crippen LogP contribution in [0.3, 0.4) is 0 Å². The van der Waals surface area contributed by atoms with E-state index in [0.717, 1.165) is 0 Å². The number of nitrogens with zero attached hydrogens (tertiary/aromatic N) is 4. The first-order valence-electron chi connectivity index (χ1n) is 7.47. The van der Waals surface area contributed by atoms with Crippen LogP contribution >= 0.6 is 0 Å². The van der Waals surface area contributed by atoms with Crippen molar-refractivity contribution >= 4 is 5.95 Å². The van der Waals surface area contributed by atoms with E-state index >= 15 is 0 Å². The molecular formula is C17H16FN5O. The van der Waals surface area contributed by atoms with Crippen LogP contribution in [0.4, 0.5) is 10.3 Å². The van der Waals surface area contributed by atoms with Crippen molar-refractivity contribution < 1.29 is 9.13 Å². The van der Waals surface area contributed by atoms with Crippen molar-refractivity contribution in [1.29, 1.82) is 0 Å². The molecule has 0 aliphatic carbocycles. The molecule has 1 aromatic carbocycles. The fourth-order valence-corrected chi connectivity index (χ4v) is 2.10. The van der Waals surface area contributed by atoms with Gasteiger partial charge in [0.1, 0.15) is 17.7 Å². The molecule has 1 atom stereocenters. The van der Waals surface area contributed by atoms with Gasteiger partial charge in [-0.1, -0.05) is 12.1 Å². The summed E-state index contributed by atoms with van der Waals surface area (Å²) < 4.78 is 19.5. The first-order chi connectivity index (χ1) is 11.7. The molecule has 2 aromatic heterocycles. The van der Waals surface area contributed by atoms with Crippen LogP contribution in [0.5, 0.6) is 5.75 Å². The van der Waals surface area contributed by atoms with Gasteiger partial charge in [0.05, 0.1) is 24.6 Å². The SMILES string of the molecule is CC(CNc1nncc(-c2ccccc2F)n1)Oc1cccnc1. The maximum absolute atomic E-state index is 13.8. The third kappa shape index (κ3) is 4.01. The minimum Gasteiger partial charge on any atom is -0.487 e. The lowest BCUT2D eigenvalue weighted by atomic mass is 10.1. The zero-order valence-electron chi connectivity index (χ0n) is 13.1. The number of ether oxygens (including phenoxy) is 1. The zero-order valence-corrected chi connectivity index (χ0v) is 13.1. The average Bonchev–Trinajstić information content (AvgIpc) is 2.61. The molecule has 0 spiro atoms. The highest BCUT2D eigenvalue weighted by Gasteiger charge is 2.09. The molecule has 0 fully saturated rings. The summed E-state index contributed by atoms with van der Waals surface area (Å²) in [5.74, 6) is 0.653. The Hall–Kier alpha value is -3.09. The molecule has 1 N–H and O–H groups in total. The standard InChI is InChI=1S/C17H16FN5O/c1-12(24-13-5-4-8-19-10-13)9-20-17-22-16(11-21-23-17)14-6-2-3-7-15(14)18/h2-8,10-12H,9H2,1H3,(H,20,22,23). The normalized spacial score (nSPS) is 11.8. The van der Waals surface area contributed by atoms with Gasteiger partial charge in [-0.25, -0.2) is 9.37 Å². The lowest BCUT2D eigenvalue weighted by Crippen LogP contribution is -2.23. The molecule has 0 amide bonds. The third-order valence-corrected chi connectivity index (χ3v) is 3.23. The van der Waals surface area contributed by atoms with Crippen LogP contribution in [-0.4, -0.2) is 32.8 Å². The average molecular weight is 325 g/mol. The summed E-state index contributed by atoms with van der Waals surface area (Å²) in [6, 6.07) is 10.0. The molecule has 0 radical (unpaired) electrons. The molecule has 0 aliphatic rings. The van der Waals surface area contributed by atoms with Crippen LogP contribution in [0.2, 0.25) is 0 Å². The number of hydrogen-bond donors (Lipinski definition) is 1. The second-order valence-corrected chi connectivity index (χ2v) is 5.14. The Balaban J connectivity index is 1.64. The fraction of sp³-hybridized carbons (Fsp3) is 0.176. The van der Waals surface area contributed by atoms with E-state index in [1.54, 1.807) is 36.7 Å². The lowest BCUT2D eigenvalue weighted by molar-refractivity contribution is 0.233. The topological polar surface area (TPSA) is 72.8 Å². The van der Waals surface area contributed by atoms with Gasteiger partial charge in [0.25, 0.3) is 0 Å². The van der Waals surface area contributed by atoms with Crippen LogP contribution in [0.1, 0.15) is 6.92 Å². The minimum absolute atomic E-state index is 0.130. The third-order valence-electron chi connectivity index (χ3n) is 3.23. The van der Waals surface area contributed by atoms with E-state index < -0.39 is 0 Å². The summed E-state index contributed by atoms with van der Waals surface area (Å²) >= 11 is 0. The van der Waals surface area contributed by atoms with Gasteiger partial charge in [0, 0.05) is 11.8 Å². The maximum Gasteiger partial charge on any atom is 0.243 e. The summed E-state index contributed by atoms with van der Waals surface area (Å²) in [7, 11) is 0. The Morgan fingerprint density at radius 2 is 2.04 bits per heavy atom. The van der Waals surface area contributed by atoms with Gasteiger partial charge < -0.3 is 10.1 Å². The minimum atomic E-state index is -0.350. The summed E-state index contributed by atoms with van der Waals surface area (Å²) in [4.78, 5) is 8.28. The fourth-order valence-electron chi connectivity index (χ4n) is 2.10. The maximum atomic E-state index is 13.8. The van der Waals surface area contributed by atoms with Crippen LogP contribution in [-0.2, 0) is 0 Å². The smallest absolute Gasteiger partial charge is 0.243 e. The van der Waals surface area contributed by atoms with Crippen molar-refractivity contribution in [2.75, 3.05) is 11.9 Å². The summed E-state index contributed by atoms with van der Waals surface area (Å²) in [5.41, 5.74) is 0.807. The molecule has 24 heavy (non-hydrogen) atoms. The molecule has 3 rings (SSSR count). The van der Waals surface area contributed by atoms with E-state index in [4.69, 9.17) is 4.74 Å². The Labute approximate surface area is 138 Å².